The molecule has 21 heavy (non-hydrogen) atoms. The molecule has 1 amide bonds. The maximum atomic E-state index is 12.1. The van der Waals surface area contributed by atoms with Gasteiger partial charge >= 0.3 is 0 Å². The van der Waals surface area contributed by atoms with Crippen LogP contribution in [-0.2, 0) is 4.79 Å². The number of carbonyl (C=O) groups excluding carboxylic acids is 1. The van der Waals surface area contributed by atoms with Crippen LogP contribution < -0.4 is 14.8 Å². The molecule has 2 aliphatic rings. The molecule has 0 bridgehead atoms. The number of piperidine rings is 1. The van der Waals surface area contributed by atoms with Crippen molar-refractivity contribution in [2.75, 3.05) is 38.2 Å². The molecule has 1 aromatic carbocycles. The lowest BCUT2D eigenvalue weighted by atomic mass is 10.0. The molecule has 1 saturated heterocycles. The first-order valence-corrected chi connectivity index (χ1v) is 7.62. The van der Waals surface area contributed by atoms with Crippen LogP contribution in [-0.4, -0.2) is 43.7 Å². The van der Waals surface area contributed by atoms with E-state index in [9.17, 15) is 4.79 Å². The minimum atomic E-state index is 0.0285. The average molecular weight is 290 g/mol. The number of hydrogen-bond acceptors (Lipinski definition) is 4. The second kappa shape index (κ2) is 6.35. The van der Waals surface area contributed by atoms with E-state index in [1.165, 1.54) is 12.8 Å². The number of nitrogens with one attached hydrogen (secondary N) is 1. The molecular weight excluding hydrogens is 268 g/mol. The number of nitrogens with zero attached hydrogens (tertiary/aromatic N) is 1. The van der Waals surface area contributed by atoms with E-state index in [1.54, 1.807) is 0 Å². The van der Waals surface area contributed by atoms with Gasteiger partial charge in [-0.3, -0.25) is 9.69 Å². The molecule has 0 aliphatic carbocycles. The highest BCUT2D eigenvalue weighted by Gasteiger charge is 2.19. The smallest absolute Gasteiger partial charge is 0.238 e. The lowest BCUT2D eigenvalue weighted by Crippen LogP contribution is -2.39. The monoisotopic (exact) mass is 290 g/mol. The number of anilines is 1. The summed E-state index contributed by atoms with van der Waals surface area (Å²) in [5.41, 5.74) is 0.759. The maximum Gasteiger partial charge on any atom is 0.238 e. The molecule has 5 heteroatoms. The average Bonchev–Trinajstić information content (AvgIpc) is 2.47. The van der Waals surface area contributed by atoms with Crippen LogP contribution in [0.1, 0.15) is 19.8 Å². The molecule has 0 aromatic heterocycles. The number of amides is 1. The number of hydrogen-bond donors (Lipinski definition) is 1. The van der Waals surface area contributed by atoms with Gasteiger partial charge < -0.3 is 14.8 Å². The van der Waals surface area contributed by atoms with Crippen molar-refractivity contribution >= 4 is 11.6 Å². The summed E-state index contributed by atoms with van der Waals surface area (Å²) >= 11 is 0. The van der Waals surface area contributed by atoms with Gasteiger partial charge in [-0.25, -0.2) is 0 Å². The highest BCUT2D eigenvalue weighted by molar-refractivity contribution is 5.92. The Morgan fingerprint density at radius 3 is 2.95 bits per heavy atom. The van der Waals surface area contributed by atoms with Gasteiger partial charge in [-0.15, -0.1) is 0 Å². The number of benzene rings is 1. The number of rotatable bonds is 3. The van der Waals surface area contributed by atoms with Gasteiger partial charge in [0.1, 0.15) is 13.2 Å². The van der Waals surface area contributed by atoms with Gasteiger partial charge in [0.25, 0.3) is 0 Å². The molecule has 5 nitrogen and oxygen atoms in total. The van der Waals surface area contributed by atoms with Crippen LogP contribution in [0.15, 0.2) is 18.2 Å². The predicted octanol–water partition coefficient (Wildman–Crippen LogP) is 2.13. The zero-order chi connectivity index (χ0) is 14.7. The minimum Gasteiger partial charge on any atom is -0.486 e. The Morgan fingerprint density at radius 2 is 2.14 bits per heavy atom. The lowest BCUT2D eigenvalue weighted by molar-refractivity contribution is -0.117. The summed E-state index contributed by atoms with van der Waals surface area (Å²) in [4.78, 5) is 14.4. The molecule has 0 radical (unpaired) electrons. The Balaban J connectivity index is 1.57. The first-order valence-electron chi connectivity index (χ1n) is 7.62. The minimum absolute atomic E-state index is 0.0285. The molecule has 0 saturated carbocycles. The van der Waals surface area contributed by atoms with Crippen LogP contribution in [0.2, 0.25) is 0 Å². The van der Waals surface area contributed by atoms with Gasteiger partial charge in [0, 0.05) is 18.3 Å². The molecule has 114 valence electrons. The summed E-state index contributed by atoms with van der Waals surface area (Å²) < 4.78 is 11.0. The van der Waals surface area contributed by atoms with Gasteiger partial charge in [0.05, 0.1) is 6.54 Å². The van der Waals surface area contributed by atoms with Crippen LogP contribution in [0, 0.1) is 5.92 Å². The second-order valence-corrected chi connectivity index (χ2v) is 5.89. The normalized spacial score (nSPS) is 21.9. The fraction of sp³-hybridized carbons (Fsp3) is 0.562. The van der Waals surface area contributed by atoms with Crippen molar-refractivity contribution in [1.29, 1.82) is 0 Å². The molecule has 2 aliphatic heterocycles. The summed E-state index contributed by atoms with van der Waals surface area (Å²) in [6.07, 6.45) is 2.44. The van der Waals surface area contributed by atoms with E-state index in [-0.39, 0.29) is 5.91 Å². The van der Waals surface area contributed by atoms with Crippen LogP contribution in [0.4, 0.5) is 5.69 Å². The topological polar surface area (TPSA) is 50.8 Å². The number of carbonyl (C=O) groups is 1. The molecule has 1 N–H and O–H groups in total. The Hall–Kier alpha value is -1.75. The number of fused-ring (bicyclic) bond motifs is 1. The predicted molar refractivity (Wildman–Crippen MR) is 80.9 cm³/mol. The molecule has 1 fully saturated rings. The SMILES string of the molecule is C[C@@H]1CCCN(CC(=O)Nc2ccc3c(c2)OCCO3)C1. The van der Waals surface area contributed by atoms with Gasteiger partial charge in [-0.05, 0) is 37.4 Å². The summed E-state index contributed by atoms with van der Waals surface area (Å²) in [6.45, 7) is 5.85. The summed E-state index contributed by atoms with van der Waals surface area (Å²) in [7, 11) is 0. The Bertz CT molecular complexity index is 518. The van der Waals surface area contributed by atoms with E-state index in [2.05, 4.69) is 17.1 Å². The van der Waals surface area contributed by atoms with E-state index in [1.807, 2.05) is 18.2 Å². The van der Waals surface area contributed by atoms with Gasteiger partial charge in [0.2, 0.25) is 5.91 Å². The lowest BCUT2D eigenvalue weighted by Gasteiger charge is -2.30. The third-order valence-corrected chi connectivity index (χ3v) is 3.93. The van der Waals surface area contributed by atoms with Crippen molar-refractivity contribution < 1.29 is 14.3 Å². The molecule has 2 heterocycles. The summed E-state index contributed by atoms with van der Waals surface area (Å²) in [6, 6.07) is 5.52. The van der Waals surface area contributed by atoms with Gasteiger partial charge in [0.15, 0.2) is 11.5 Å². The quantitative estimate of drug-likeness (QED) is 0.926. The third-order valence-electron chi connectivity index (χ3n) is 3.93. The fourth-order valence-corrected chi connectivity index (χ4v) is 2.96. The van der Waals surface area contributed by atoms with Crippen LogP contribution in [0.3, 0.4) is 0 Å². The van der Waals surface area contributed by atoms with E-state index < -0.39 is 0 Å². The van der Waals surface area contributed by atoms with Crippen LogP contribution in [0.5, 0.6) is 11.5 Å². The standard InChI is InChI=1S/C16H22N2O3/c1-12-3-2-6-18(10-12)11-16(19)17-13-4-5-14-15(9-13)21-8-7-20-14/h4-5,9,12H,2-3,6-8,10-11H2,1H3,(H,17,19)/t12-/m1/s1. The molecule has 1 atom stereocenters. The van der Waals surface area contributed by atoms with Crippen molar-refractivity contribution in [3.63, 3.8) is 0 Å². The van der Waals surface area contributed by atoms with Gasteiger partial charge in [-0.1, -0.05) is 6.92 Å². The van der Waals surface area contributed by atoms with Crippen molar-refractivity contribution in [1.82, 2.24) is 4.90 Å². The van der Waals surface area contributed by atoms with Crippen molar-refractivity contribution in [3.8, 4) is 11.5 Å². The summed E-state index contributed by atoms with van der Waals surface area (Å²) in [5.74, 6) is 2.15. The molecule has 0 spiro atoms. The van der Waals surface area contributed by atoms with E-state index in [0.29, 0.717) is 31.4 Å². The van der Waals surface area contributed by atoms with E-state index >= 15 is 0 Å². The van der Waals surface area contributed by atoms with E-state index in [0.717, 1.165) is 24.5 Å². The zero-order valence-corrected chi connectivity index (χ0v) is 12.4. The van der Waals surface area contributed by atoms with Gasteiger partial charge in [-0.2, -0.15) is 0 Å². The summed E-state index contributed by atoms with van der Waals surface area (Å²) in [5, 5.41) is 2.94. The fourth-order valence-electron chi connectivity index (χ4n) is 2.96. The number of likely N-dealkylation sites (tertiary alicyclic amines) is 1. The Kier molecular flexibility index (Phi) is 4.29. The van der Waals surface area contributed by atoms with Crippen molar-refractivity contribution in [2.45, 2.75) is 19.8 Å². The highest BCUT2D eigenvalue weighted by Crippen LogP contribution is 2.32. The van der Waals surface area contributed by atoms with E-state index in [4.69, 9.17) is 9.47 Å². The van der Waals surface area contributed by atoms with Crippen LogP contribution >= 0.6 is 0 Å². The second-order valence-electron chi connectivity index (χ2n) is 5.89. The van der Waals surface area contributed by atoms with Crippen molar-refractivity contribution in [2.24, 2.45) is 5.92 Å². The third kappa shape index (κ3) is 3.67. The zero-order valence-electron chi connectivity index (χ0n) is 12.4. The largest absolute Gasteiger partial charge is 0.486 e. The molecule has 1 aromatic rings. The first kappa shape index (κ1) is 14.2. The molecular formula is C16H22N2O3. The van der Waals surface area contributed by atoms with Crippen molar-refractivity contribution in [3.05, 3.63) is 18.2 Å². The first-order chi connectivity index (χ1) is 10.2. The molecule has 3 rings (SSSR count). The Morgan fingerprint density at radius 1 is 1.33 bits per heavy atom. The highest BCUT2D eigenvalue weighted by atomic mass is 16.6. The Labute approximate surface area is 125 Å². The van der Waals surface area contributed by atoms with Crippen LogP contribution in [0.25, 0.3) is 0 Å². The maximum absolute atomic E-state index is 12.1. The number of ether oxygens (including phenoxy) is 2. The molecule has 0 unspecified atom stereocenters.